The lowest BCUT2D eigenvalue weighted by molar-refractivity contribution is 0.895. The van der Waals surface area contributed by atoms with Crippen LogP contribution in [0.3, 0.4) is 0 Å². The molecule has 0 aliphatic rings. The smallest absolute Gasteiger partial charge is 0.129 e. The van der Waals surface area contributed by atoms with Gasteiger partial charge in [-0.25, -0.2) is 4.98 Å². The van der Waals surface area contributed by atoms with Gasteiger partial charge in [0.05, 0.1) is 5.69 Å². The third kappa shape index (κ3) is 2.48. The lowest BCUT2D eigenvalue weighted by Crippen LogP contribution is -2.10. The average molecular weight is 229 g/mol. The van der Waals surface area contributed by atoms with E-state index in [0.29, 0.717) is 6.04 Å². The van der Waals surface area contributed by atoms with E-state index in [-0.39, 0.29) is 0 Å². The fourth-order valence-corrected chi connectivity index (χ4v) is 1.30. The van der Waals surface area contributed by atoms with Gasteiger partial charge in [0, 0.05) is 12.2 Å². The summed E-state index contributed by atoms with van der Waals surface area (Å²) in [5.74, 6) is 0. The van der Waals surface area contributed by atoms with Crippen LogP contribution in [0, 0.1) is 6.92 Å². The molecule has 1 aromatic heterocycles. The van der Waals surface area contributed by atoms with Crippen LogP contribution in [0.25, 0.3) is 0 Å². The third-order valence-electron chi connectivity index (χ3n) is 1.42. The number of aromatic nitrogens is 1. The zero-order valence-electron chi connectivity index (χ0n) is 7.56. The van der Waals surface area contributed by atoms with Crippen molar-refractivity contribution in [3.8, 4) is 0 Å². The van der Waals surface area contributed by atoms with E-state index in [9.17, 15) is 0 Å². The number of nitrogens with one attached hydrogen (secondary N) is 1. The number of anilines is 1. The highest BCUT2D eigenvalue weighted by Gasteiger charge is 2.01. The van der Waals surface area contributed by atoms with Gasteiger partial charge in [-0.15, -0.1) is 0 Å². The first kappa shape index (κ1) is 9.52. The number of hydrogen-bond acceptors (Lipinski definition) is 2. The quantitative estimate of drug-likeness (QED) is 0.788. The lowest BCUT2D eigenvalue weighted by atomic mass is 10.3. The van der Waals surface area contributed by atoms with Gasteiger partial charge in [-0.3, -0.25) is 0 Å². The summed E-state index contributed by atoms with van der Waals surface area (Å²) in [5, 5.41) is 3.30. The van der Waals surface area contributed by atoms with Crippen LogP contribution in [0.15, 0.2) is 16.9 Å². The first-order valence-corrected chi connectivity index (χ1v) is 4.77. The molecule has 0 amide bonds. The van der Waals surface area contributed by atoms with Crippen molar-refractivity contribution < 1.29 is 0 Å². The minimum atomic E-state index is 0.435. The molecular formula is C9H13BrN2. The van der Waals surface area contributed by atoms with Gasteiger partial charge in [0.15, 0.2) is 0 Å². The molecule has 0 fully saturated rings. The second-order valence-electron chi connectivity index (χ2n) is 3.15. The Morgan fingerprint density at radius 1 is 1.50 bits per heavy atom. The lowest BCUT2D eigenvalue weighted by Gasteiger charge is -2.11. The maximum absolute atomic E-state index is 4.19. The molecule has 3 heteroatoms. The summed E-state index contributed by atoms with van der Waals surface area (Å²) in [6.45, 7) is 6.24. The molecule has 2 nitrogen and oxygen atoms in total. The Kier molecular flexibility index (Phi) is 3.09. The Morgan fingerprint density at radius 3 is 2.75 bits per heavy atom. The highest BCUT2D eigenvalue weighted by Crippen LogP contribution is 2.20. The van der Waals surface area contributed by atoms with E-state index >= 15 is 0 Å². The van der Waals surface area contributed by atoms with Gasteiger partial charge in [-0.05, 0) is 48.3 Å². The van der Waals surface area contributed by atoms with E-state index in [2.05, 4.69) is 46.1 Å². The molecule has 1 N–H and O–H groups in total. The Morgan fingerprint density at radius 2 is 2.17 bits per heavy atom. The molecule has 0 unspecified atom stereocenters. The summed E-state index contributed by atoms with van der Waals surface area (Å²) >= 11 is 3.39. The van der Waals surface area contributed by atoms with Crippen LogP contribution in [0.1, 0.15) is 19.4 Å². The van der Waals surface area contributed by atoms with Crippen molar-refractivity contribution in [2.45, 2.75) is 26.8 Å². The number of nitrogens with zero attached hydrogens (tertiary/aromatic N) is 1. The van der Waals surface area contributed by atoms with Crippen LogP contribution < -0.4 is 5.32 Å². The Labute approximate surface area is 81.5 Å². The van der Waals surface area contributed by atoms with Crippen LogP contribution in [0.4, 0.5) is 5.69 Å². The monoisotopic (exact) mass is 228 g/mol. The second-order valence-corrected chi connectivity index (χ2v) is 3.90. The molecule has 0 bridgehead atoms. The molecule has 12 heavy (non-hydrogen) atoms. The maximum atomic E-state index is 4.19. The predicted molar refractivity (Wildman–Crippen MR) is 55.4 cm³/mol. The molecule has 1 rings (SSSR count). The minimum Gasteiger partial charge on any atom is -0.381 e. The van der Waals surface area contributed by atoms with Gasteiger partial charge in [-0.2, -0.15) is 0 Å². The number of aryl methyl sites for hydroxylation is 1. The van der Waals surface area contributed by atoms with Gasteiger partial charge in [-0.1, -0.05) is 0 Å². The molecule has 0 saturated carbocycles. The predicted octanol–water partition coefficient (Wildman–Crippen LogP) is 2.97. The van der Waals surface area contributed by atoms with Crippen molar-refractivity contribution >= 4 is 21.6 Å². The van der Waals surface area contributed by atoms with Crippen molar-refractivity contribution in [1.29, 1.82) is 0 Å². The number of rotatable bonds is 2. The SMILES string of the molecule is Cc1cnc(Br)c(NC(C)C)c1. The van der Waals surface area contributed by atoms with Gasteiger partial charge in [0.2, 0.25) is 0 Å². The number of halogens is 1. The summed E-state index contributed by atoms with van der Waals surface area (Å²) in [4.78, 5) is 4.19. The van der Waals surface area contributed by atoms with E-state index in [4.69, 9.17) is 0 Å². The summed E-state index contributed by atoms with van der Waals surface area (Å²) < 4.78 is 0.877. The highest BCUT2D eigenvalue weighted by molar-refractivity contribution is 9.10. The van der Waals surface area contributed by atoms with Crippen molar-refractivity contribution in [1.82, 2.24) is 4.98 Å². The van der Waals surface area contributed by atoms with Crippen molar-refractivity contribution in [3.05, 3.63) is 22.4 Å². The zero-order valence-corrected chi connectivity index (χ0v) is 9.14. The van der Waals surface area contributed by atoms with E-state index in [1.54, 1.807) is 0 Å². The van der Waals surface area contributed by atoms with Crippen LogP contribution in [-0.2, 0) is 0 Å². The van der Waals surface area contributed by atoms with Gasteiger partial charge < -0.3 is 5.32 Å². The summed E-state index contributed by atoms with van der Waals surface area (Å²) in [6, 6.07) is 2.52. The van der Waals surface area contributed by atoms with E-state index in [0.717, 1.165) is 10.3 Å². The first-order valence-electron chi connectivity index (χ1n) is 3.98. The zero-order chi connectivity index (χ0) is 9.14. The standard InChI is InChI=1S/C9H13BrN2/c1-6(2)12-8-4-7(3)5-11-9(8)10/h4-6,12H,1-3H3. The molecule has 66 valence electrons. The molecule has 0 aliphatic carbocycles. The third-order valence-corrected chi connectivity index (χ3v) is 2.05. The fourth-order valence-electron chi connectivity index (χ4n) is 0.965. The number of hydrogen-bond donors (Lipinski definition) is 1. The van der Waals surface area contributed by atoms with Crippen molar-refractivity contribution in [3.63, 3.8) is 0 Å². The fraction of sp³-hybridized carbons (Fsp3) is 0.444. The van der Waals surface area contributed by atoms with Gasteiger partial charge in [0.25, 0.3) is 0 Å². The summed E-state index contributed by atoms with van der Waals surface area (Å²) in [7, 11) is 0. The maximum Gasteiger partial charge on any atom is 0.129 e. The summed E-state index contributed by atoms with van der Waals surface area (Å²) in [5.41, 5.74) is 2.23. The first-order chi connectivity index (χ1) is 5.59. The topological polar surface area (TPSA) is 24.9 Å². The molecule has 0 aromatic carbocycles. The largest absolute Gasteiger partial charge is 0.381 e. The Bertz CT molecular complexity index is 271. The van der Waals surface area contributed by atoms with E-state index in [1.807, 2.05) is 13.1 Å². The van der Waals surface area contributed by atoms with Crippen LogP contribution in [-0.4, -0.2) is 11.0 Å². The normalized spacial score (nSPS) is 10.4. The van der Waals surface area contributed by atoms with Gasteiger partial charge in [0.1, 0.15) is 4.60 Å². The Hall–Kier alpha value is -0.570. The molecule has 1 aromatic rings. The van der Waals surface area contributed by atoms with Crippen LogP contribution in [0.2, 0.25) is 0 Å². The van der Waals surface area contributed by atoms with Crippen molar-refractivity contribution in [2.24, 2.45) is 0 Å². The minimum absolute atomic E-state index is 0.435. The van der Waals surface area contributed by atoms with Crippen LogP contribution in [0.5, 0.6) is 0 Å². The second kappa shape index (κ2) is 3.90. The van der Waals surface area contributed by atoms with Crippen LogP contribution >= 0.6 is 15.9 Å². The van der Waals surface area contributed by atoms with E-state index in [1.165, 1.54) is 5.56 Å². The molecule has 0 spiro atoms. The molecule has 0 aliphatic heterocycles. The average Bonchev–Trinajstić information content (AvgIpc) is 1.96. The molecular weight excluding hydrogens is 216 g/mol. The molecule has 1 heterocycles. The van der Waals surface area contributed by atoms with E-state index < -0.39 is 0 Å². The number of pyridine rings is 1. The van der Waals surface area contributed by atoms with Gasteiger partial charge >= 0.3 is 0 Å². The molecule has 0 atom stereocenters. The summed E-state index contributed by atoms with van der Waals surface area (Å²) in [6.07, 6.45) is 1.84. The Balaban J connectivity index is 2.90. The highest BCUT2D eigenvalue weighted by atomic mass is 79.9. The molecule has 0 radical (unpaired) electrons. The molecule has 0 saturated heterocycles. The van der Waals surface area contributed by atoms with Crippen molar-refractivity contribution in [2.75, 3.05) is 5.32 Å².